The van der Waals surface area contributed by atoms with Gasteiger partial charge < -0.3 is 4.90 Å². The fraction of sp³-hybridized carbons (Fsp3) is 0.609. The molecule has 1 fully saturated rings. The standard InChI is InChI=1S/C23H35N2S/c1-9-15-24-18-14-12-11-13-17(18)21(3,4)19(24)16-20-25(10-2)22(5,6)23(7,8)26-20/h11-14,16H,9-10,15H2,1-8H3/q+1. The van der Waals surface area contributed by atoms with Gasteiger partial charge in [0.2, 0.25) is 5.69 Å². The van der Waals surface area contributed by atoms with Crippen LogP contribution in [0.2, 0.25) is 0 Å². The monoisotopic (exact) mass is 371 g/mol. The predicted octanol–water partition coefficient (Wildman–Crippen LogP) is 5.94. The molecule has 0 bridgehead atoms. The second-order valence-corrected chi connectivity index (χ2v) is 10.7. The van der Waals surface area contributed by atoms with Crippen molar-refractivity contribution >= 4 is 23.2 Å². The van der Waals surface area contributed by atoms with E-state index < -0.39 is 0 Å². The van der Waals surface area contributed by atoms with Crippen molar-refractivity contribution in [3.8, 4) is 0 Å². The molecule has 0 unspecified atom stereocenters. The zero-order valence-corrected chi connectivity index (χ0v) is 18.6. The molecule has 0 atom stereocenters. The van der Waals surface area contributed by atoms with E-state index in [1.54, 1.807) is 0 Å². The van der Waals surface area contributed by atoms with E-state index in [4.69, 9.17) is 0 Å². The average molecular weight is 372 g/mol. The van der Waals surface area contributed by atoms with E-state index in [2.05, 4.69) is 95.2 Å². The van der Waals surface area contributed by atoms with Gasteiger partial charge in [-0.1, -0.05) is 36.9 Å². The molecule has 1 aromatic carbocycles. The van der Waals surface area contributed by atoms with Gasteiger partial charge in [0.05, 0.1) is 10.4 Å². The van der Waals surface area contributed by atoms with E-state index in [0.717, 1.165) is 19.5 Å². The highest BCUT2D eigenvalue weighted by Crippen LogP contribution is 2.53. The van der Waals surface area contributed by atoms with Crippen molar-refractivity contribution in [3.63, 3.8) is 0 Å². The summed E-state index contributed by atoms with van der Waals surface area (Å²) in [6.07, 6.45) is 3.64. The lowest BCUT2D eigenvalue weighted by molar-refractivity contribution is -0.437. The summed E-state index contributed by atoms with van der Waals surface area (Å²) in [6.45, 7) is 20.9. The first-order valence-electron chi connectivity index (χ1n) is 10.0. The molecular weight excluding hydrogens is 336 g/mol. The third-order valence-corrected chi connectivity index (χ3v) is 8.15. The SMILES string of the molecule is CCC[N+]1=C(/C=C2\SC(C)(C)C(C)(C)N2CC)C(C)(C)c2ccccc21. The zero-order chi connectivity index (χ0) is 19.3. The van der Waals surface area contributed by atoms with Gasteiger partial charge in [0.1, 0.15) is 6.54 Å². The Balaban J connectivity index is 2.16. The van der Waals surface area contributed by atoms with Crippen LogP contribution in [0.15, 0.2) is 35.4 Å². The summed E-state index contributed by atoms with van der Waals surface area (Å²) in [4.78, 5) is 2.59. The summed E-state index contributed by atoms with van der Waals surface area (Å²) in [7, 11) is 0. The van der Waals surface area contributed by atoms with Crippen LogP contribution in [0.1, 0.15) is 67.4 Å². The zero-order valence-electron chi connectivity index (χ0n) is 17.8. The van der Waals surface area contributed by atoms with Gasteiger partial charge in [-0.2, -0.15) is 4.58 Å². The fourth-order valence-corrected chi connectivity index (χ4v) is 5.90. The van der Waals surface area contributed by atoms with Crippen LogP contribution >= 0.6 is 11.8 Å². The predicted molar refractivity (Wildman–Crippen MR) is 116 cm³/mol. The van der Waals surface area contributed by atoms with Crippen LogP contribution in [0.25, 0.3) is 0 Å². The van der Waals surface area contributed by atoms with Gasteiger partial charge in [-0.15, -0.1) is 0 Å². The number of nitrogens with zero attached hydrogens (tertiary/aromatic N) is 2. The van der Waals surface area contributed by atoms with Crippen LogP contribution in [0.4, 0.5) is 5.69 Å². The lowest BCUT2D eigenvalue weighted by atomic mass is 9.81. The van der Waals surface area contributed by atoms with Crippen molar-refractivity contribution in [2.45, 2.75) is 77.5 Å². The Morgan fingerprint density at radius 2 is 1.69 bits per heavy atom. The molecule has 0 radical (unpaired) electrons. The van der Waals surface area contributed by atoms with Crippen LogP contribution in [0, 0.1) is 0 Å². The number of benzene rings is 1. The minimum absolute atomic E-state index is 0.0373. The summed E-state index contributed by atoms with van der Waals surface area (Å²) in [5, 5.41) is 1.42. The first kappa shape index (κ1) is 19.5. The molecule has 26 heavy (non-hydrogen) atoms. The van der Waals surface area contributed by atoms with E-state index >= 15 is 0 Å². The molecule has 142 valence electrons. The van der Waals surface area contributed by atoms with Crippen molar-refractivity contribution in [2.75, 3.05) is 13.1 Å². The molecule has 0 aromatic heterocycles. The second-order valence-electron chi connectivity index (χ2n) is 9.08. The van der Waals surface area contributed by atoms with E-state index in [1.165, 1.54) is 22.0 Å². The van der Waals surface area contributed by atoms with Gasteiger partial charge in [0, 0.05) is 41.0 Å². The second kappa shape index (κ2) is 6.44. The van der Waals surface area contributed by atoms with Gasteiger partial charge in [0.25, 0.3) is 0 Å². The highest BCUT2D eigenvalue weighted by molar-refractivity contribution is 8.04. The molecule has 0 amide bonds. The molecule has 2 aliphatic heterocycles. The normalized spacial score (nSPS) is 24.5. The van der Waals surface area contributed by atoms with Crippen LogP contribution in [0.3, 0.4) is 0 Å². The van der Waals surface area contributed by atoms with Crippen molar-refractivity contribution in [1.29, 1.82) is 0 Å². The lowest BCUT2D eigenvalue weighted by Crippen LogP contribution is -2.49. The van der Waals surface area contributed by atoms with Crippen LogP contribution < -0.4 is 0 Å². The number of allylic oxidation sites excluding steroid dienone is 1. The Kier molecular flexibility index (Phi) is 4.84. The first-order chi connectivity index (χ1) is 12.1. The highest BCUT2D eigenvalue weighted by Gasteiger charge is 2.51. The molecule has 0 aliphatic carbocycles. The third-order valence-electron chi connectivity index (χ3n) is 6.60. The van der Waals surface area contributed by atoms with Gasteiger partial charge in [-0.3, -0.25) is 0 Å². The fourth-order valence-electron chi connectivity index (χ4n) is 4.38. The Morgan fingerprint density at radius 3 is 2.31 bits per heavy atom. The van der Waals surface area contributed by atoms with Crippen LogP contribution in [-0.4, -0.2) is 38.6 Å². The number of hydrogen-bond donors (Lipinski definition) is 0. The van der Waals surface area contributed by atoms with E-state index in [1.807, 2.05) is 11.8 Å². The first-order valence-corrected chi connectivity index (χ1v) is 10.8. The van der Waals surface area contributed by atoms with Crippen molar-refractivity contribution in [3.05, 3.63) is 40.9 Å². The maximum absolute atomic E-state index is 2.59. The van der Waals surface area contributed by atoms with Gasteiger partial charge in [-0.25, -0.2) is 0 Å². The van der Waals surface area contributed by atoms with Crippen LogP contribution in [0.5, 0.6) is 0 Å². The summed E-state index contributed by atoms with van der Waals surface area (Å²) in [5.74, 6) is 0. The molecule has 3 heteroatoms. The molecule has 0 spiro atoms. The molecule has 1 saturated heterocycles. The molecule has 2 nitrogen and oxygen atoms in total. The van der Waals surface area contributed by atoms with Gasteiger partial charge in [-0.05, 0) is 48.5 Å². The summed E-state index contributed by atoms with van der Waals surface area (Å²) in [5.41, 5.74) is 4.45. The van der Waals surface area contributed by atoms with E-state index in [0.29, 0.717) is 0 Å². The molecule has 2 aliphatic rings. The molecule has 1 aromatic rings. The molecule has 0 N–H and O–H groups in total. The molecule has 2 heterocycles. The maximum atomic E-state index is 2.59. The summed E-state index contributed by atoms with van der Waals surface area (Å²) >= 11 is 2.03. The largest absolute Gasteiger partial charge is 0.360 e. The minimum Gasteiger partial charge on any atom is -0.360 e. The number of fused-ring (bicyclic) bond motifs is 1. The smallest absolute Gasteiger partial charge is 0.209 e. The van der Waals surface area contributed by atoms with E-state index in [9.17, 15) is 0 Å². The Labute approximate surface area is 164 Å². The van der Waals surface area contributed by atoms with Crippen molar-refractivity contribution in [2.24, 2.45) is 0 Å². The number of thioether (sulfide) groups is 1. The number of rotatable bonds is 4. The number of hydrogen-bond acceptors (Lipinski definition) is 2. The molecule has 3 rings (SSSR count). The molecular formula is C23H35N2S+. The topological polar surface area (TPSA) is 6.25 Å². The quantitative estimate of drug-likeness (QED) is 0.604. The lowest BCUT2D eigenvalue weighted by Gasteiger charge is -2.40. The average Bonchev–Trinajstić information content (AvgIpc) is 2.87. The summed E-state index contributed by atoms with van der Waals surface area (Å²) in [6, 6.07) is 8.93. The minimum atomic E-state index is 0.0373. The maximum Gasteiger partial charge on any atom is 0.209 e. The van der Waals surface area contributed by atoms with E-state index in [-0.39, 0.29) is 15.7 Å². The van der Waals surface area contributed by atoms with Crippen molar-refractivity contribution in [1.82, 2.24) is 4.90 Å². The van der Waals surface area contributed by atoms with Gasteiger partial charge in [0.15, 0.2) is 5.71 Å². The Bertz CT molecular complexity index is 768. The Hall–Kier alpha value is -1.22. The van der Waals surface area contributed by atoms with Gasteiger partial charge >= 0.3 is 0 Å². The van der Waals surface area contributed by atoms with Crippen LogP contribution in [-0.2, 0) is 5.41 Å². The highest BCUT2D eigenvalue weighted by atomic mass is 32.2. The summed E-state index contributed by atoms with van der Waals surface area (Å²) < 4.78 is 2.75. The third kappa shape index (κ3) is 2.74. The number of para-hydroxylation sites is 1. The molecule has 0 saturated carbocycles. The van der Waals surface area contributed by atoms with Crippen molar-refractivity contribution < 1.29 is 4.58 Å². The Morgan fingerprint density at radius 1 is 1.04 bits per heavy atom.